The summed E-state index contributed by atoms with van der Waals surface area (Å²) >= 11 is 0. The van der Waals surface area contributed by atoms with E-state index in [9.17, 15) is 9.59 Å². The fraction of sp³-hybridized carbons (Fsp3) is 0.529. The second-order valence-corrected chi connectivity index (χ2v) is 5.65. The van der Waals surface area contributed by atoms with Gasteiger partial charge in [-0.15, -0.1) is 0 Å². The Kier molecular flexibility index (Phi) is 5.81. The first-order valence-electron chi connectivity index (χ1n) is 7.79. The summed E-state index contributed by atoms with van der Waals surface area (Å²) in [5.74, 6) is 0.860. The number of likely N-dealkylation sites (tertiary alicyclic amines) is 1. The predicted octanol–water partition coefficient (Wildman–Crippen LogP) is 1.92. The van der Waals surface area contributed by atoms with Crippen LogP contribution in [-0.2, 0) is 9.59 Å². The Hall–Kier alpha value is -2.04. The summed E-state index contributed by atoms with van der Waals surface area (Å²) in [6.45, 7) is 3.42. The van der Waals surface area contributed by atoms with Gasteiger partial charge in [-0.25, -0.2) is 0 Å². The van der Waals surface area contributed by atoms with Gasteiger partial charge in [0.25, 0.3) is 0 Å². The first-order valence-corrected chi connectivity index (χ1v) is 7.79. The first kappa shape index (κ1) is 16.3. The molecule has 1 aliphatic heterocycles. The van der Waals surface area contributed by atoms with Gasteiger partial charge in [-0.05, 0) is 31.4 Å². The van der Waals surface area contributed by atoms with E-state index in [1.165, 1.54) is 6.92 Å². The third-order valence-electron chi connectivity index (χ3n) is 3.97. The van der Waals surface area contributed by atoms with Gasteiger partial charge in [-0.1, -0.05) is 18.2 Å². The van der Waals surface area contributed by atoms with Gasteiger partial charge in [0.1, 0.15) is 11.8 Å². The molecule has 5 heteroatoms. The third-order valence-corrected chi connectivity index (χ3v) is 3.97. The maximum Gasteiger partial charge on any atom is 0.245 e. The lowest BCUT2D eigenvalue weighted by Crippen LogP contribution is -2.46. The van der Waals surface area contributed by atoms with Crippen LogP contribution in [0.2, 0.25) is 0 Å². The lowest BCUT2D eigenvalue weighted by atomic mass is 10.2. The molecule has 1 aliphatic rings. The summed E-state index contributed by atoms with van der Waals surface area (Å²) in [4.78, 5) is 27.3. The summed E-state index contributed by atoms with van der Waals surface area (Å²) in [6, 6.07) is 9.36. The molecule has 2 rings (SSSR count). The van der Waals surface area contributed by atoms with Crippen molar-refractivity contribution in [1.29, 1.82) is 0 Å². The highest BCUT2D eigenvalue weighted by molar-refractivity contribution is 5.87. The molecule has 120 valence electrons. The van der Waals surface area contributed by atoms with Crippen molar-refractivity contribution in [3.8, 4) is 5.75 Å². The van der Waals surface area contributed by atoms with Crippen LogP contribution in [0.4, 0.5) is 0 Å². The van der Waals surface area contributed by atoms with Crippen LogP contribution >= 0.6 is 0 Å². The average Bonchev–Trinajstić information content (AvgIpc) is 3.01. The molecule has 0 bridgehead atoms. The van der Waals surface area contributed by atoms with Crippen LogP contribution in [0.15, 0.2) is 30.3 Å². The highest BCUT2D eigenvalue weighted by Gasteiger charge is 2.33. The Bertz CT molecular complexity index is 504. The van der Waals surface area contributed by atoms with Crippen molar-refractivity contribution in [2.24, 2.45) is 0 Å². The quantitative estimate of drug-likeness (QED) is 0.755. The van der Waals surface area contributed by atoms with Gasteiger partial charge >= 0.3 is 0 Å². The van der Waals surface area contributed by atoms with Gasteiger partial charge in [0, 0.05) is 27.1 Å². The average molecular weight is 304 g/mol. The standard InChI is InChI=1S/C17H24N2O3/c1-14(20)19-12-6-10-16(19)17(21)18(2)11-7-13-22-15-8-4-3-5-9-15/h3-5,8-9,16H,6-7,10-13H2,1-2H3/t16-/m0/s1. The van der Waals surface area contributed by atoms with Crippen LogP contribution in [-0.4, -0.2) is 54.4 Å². The molecule has 0 saturated carbocycles. The Labute approximate surface area is 131 Å². The molecule has 22 heavy (non-hydrogen) atoms. The van der Waals surface area contributed by atoms with E-state index in [1.807, 2.05) is 30.3 Å². The minimum atomic E-state index is -0.280. The van der Waals surface area contributed by atoms with Gasteiger partial charge < -0.3 is 14.5 Å². The Morgan fingerprint density at radius 1 is 1.32 bits per heavy atom. The molecule has 0 radical (unpaired) electrons. The molecule has 1 saturated heterocycles. The van der Waals surface area contributed by atoms with E-state index in [0.717, 1.165) is 25.0 Å². The van der Waals surface area contributed by atoms with E-state index in [0.29, 0.717) is 19.7 Å². The molecule has 1 atom stereocenters. The van der Waals surface area contributed by atoms with Crippen molar-refractivity contribution in [3.63, 3.8) is 0 Å². The molecule has 1 heterocycles. The lowest BCUT2D eigenvalue weighted by Gasteiger charge is -2.27. The van der Waals surface area contributed by atoms with Crippen LogP contribution < -0.4 is 4.74 Å². The Morgan fingerprint density at radius 3 is 2.73 bits per heavy atom. The second-order valence-electron chi connectivity index (χ2n) is 5.65. The Morgan fingerprint density at radius 2 is 2.05 bits per heavy atom. The number of hydrogen-bond donors (Lipinski definition) is 0. The molecular formula is C17H24N2O3. The van der Waals surface area contributed by atoms with Crippen molar-refractivity contribution in [3.05, 3.63) is 30.3 Å². The van der Waals surface area contributed by atoms with Crippen LogP contribution in [0.1, 0.15) is 26.2 Å². The van der Waals surface area contributed by atoms with E-state index in [2.05, 4.69) is 0 Å². The van der Waals surface area contributed by atoms with Gasteiger partial charge in [0.05, 0.1) is 6.61 Å². The van der Waals surface area contributed by atoms with Crippen molar-refractivity contribution in [1.82, 2.24) is 9.80 Å². The molecule has 1 fully saturated rings. The molecule has 0 aliphatic carbocycles. The van der Waals surface area contributed by atoms with Crippen LogP contribution in [0.5, 0.6) is 5.75 Å². The topological polar surface area (TPSA) is 49.9 Å². The smallest absolute Gasteiger partial charge is 0.245 e. The molecule has 1 aromatic carbocycles. The zero-order chi connectivity index (χ0) is 15.9. The molecular weight excluding hydrogens is 280 g/mol. The lowest BCUT2D eigenvalue weighted by molar-refractivity contribution is -0.142. The fourth-order valence-corrected chi connectivity index (χ4v) is 2.77. The summed E-state index contributed by atoms with van der Waals surface area (Å²) in [5.41, 5.74) is 0. The number of para-hydroxylation sites is 1. The molecule has 0 aromatic heterocycles. The highest BCUT2D eigenvalue weighted by Crippen LogP contribution is 2.19. The van der Waals surface area contributed by atoms with E-state index >= 15 is 0 Å². The Balaban J connectivity index is 1.73. The van der Waals surface area contributed by atoms with Crippen molar-refractivity contribution < 1.29 is 14.3 Å². The predicted molar refractivity (Wildman–Crippen MR) is 84.6 cm³/mol. The highest BCUT2D eigenvalue weighted by atomic mass is 16.5. The van der Waals surface area contributed by atoms with Crippen molar-refractivity contribution >= 4 is 11.8 Å². The molecule has 0 N–H and O–H groups in total. The van der Waals surface area contributed by atoms with Crippen LogP contribution in [0.3, 0.4) is 0 Å². The molecule has 1 aromatic rings. The second kappa shape index (κ2) is 7.82. The molecule has 5 nitrogen and oxygen atoms in total. The van der Waals surface area contributed by atoms with E-state index in [-0.39, 0.29) is 17.9 Å². The fourth-order valence-electron chi connectivity index (χ4n) is 2.77. The monoisotopic (exact) mass is 304 g/mol. The normalized spacial score (nSPS) is 17.4. The van der Waals surface area contributed by atoms with Crippen molar-refractivity contribution in [2.45, 2.75) is 32.2 Å². The molecule has 0 spiro atoms. The number of rotatable bonds is 6. The summed E-state index contributed by atoms with van der Waals surface area (Å²) in [5, 5.41) is 0. The van der Waals surface area contributed by atoms with Crippen molar-refractivity contribution in [2.75, 3.05) is 26.7 Å². The number of benzene rings is 1. The number of amides is 2. The number of carbonyl (C=O) groups excluding carboxylic acids is 2. The minimum Gasteiger partial charge on any atom is -0.494 e. The number of nitrogens with zero attached hydrogens (tertiary/aromatic N) is 2. The number of likely N-dealkylation sites (N-methyl/N-ethyl adjacent to an activating group) is 1. The van der Waals surface area contributed by atoms with E-state index < -0.39 is 0 Å². The maximum absolute atomic E-state index is 12.4. The number of ether oxygens (including phenoxy) is 1. The van der Waals surface area contributed by atoms with E-state index in [4.69, 9.17) is 4.74 Å². The van der Waals surface area contributed by atoms with Gasteiger partial charge in [-0.2, -0.15) is 0 Å². The third kappa shape index (κ3) is 4.23. The van der Waals surface area contributed by atoms with E-state index in [1.54, 1.807) is 16.8 Å². The molecule has 0 unspecified atom stereocenters. The van der Waals surface area contributed by atoms with Gasteiger partial charge in [0.15, 0.2) is 0 Å². The summed E-state index contributed by atoms with van der Waals surface area (Å²) in [7, 11) is 1.79. The van der Waals surface area contributed by atoms with Gasteiger partial charge in [0.2, 0.25) is 11.8 Å². The first-order chi connectivity index (χ1) is 10.6. The van der Waals surface area contributed by atoms with Gasteiger partial charge in [-0.3, -0.25) is 9.59 Å². The maximum atomic E-state index is 12.4. The number of carbonyl (C=O) groups is 2. The van der Waals surface area contributed by atoms with Crippen LogP contribution in [0.25, 0.3) is 0 Å². The number of hydrogen-bond acceptors (Lipinski definition) is 3. The zero-order valence-corrected chi connectivity index (χ0v) is 13.3. The van der Waals surface area contributed by atoms with Crippen LogP contribution in [0, 0.1) is 0 Å². The summed E-state index contributed by atoms with van der Waals surface area (Å²) < 4.78 is 5.62. The SMILES string of the molecule is CC(=O)N1CCC[C@H]1C(=O)N(C)CCCOc1ccccc1. The summed E-state index contributed by atoms with van der Waals surface area (Å²) in [6.07, 6.45) is 2.44. The molecule has 2 amide bonds. The largest absolute Gasteiger partial charge is 0.494 e. The minimum absolute atomic E-state index is 0.0170. The zero-order valence-electron chi connectivity index (χ0n) is 13.3.